The molecule has 0 N–H and O–H groups in total. The summed E-state index contributed by atoms with van der Waals surface area (Å²) < 4.78 is 0.942. The first-order chi connectivity index (χ1) is 8.22. The number of rotatable bonds is 3. The maximum atomic E-state index is 12.2. The van der Waals surface area contributed by atoms with Crippen molar-refractivity contribution in [1.29, 1.82) is 0 Å². The van der Waals surface area contributed by atoms with Crippen molar-refractivity contribution in [3.05, 3.63) is 76.3 Å². The van der Waals surface area contributed by atoms with Gasteiger partial charge in [0.05, 0.1) is 0 Å². The summed E-state index contributed by atoms with van der Waals surface area (Å²) in [6.07, 6.45) is 1.73. The molecule has 0 aliphatic carbocycles. The molecule has 0 atom stereocenters. The SMILES string of the molecule is C=Cc1cc(C(=O)c2ccccc2)ccc1Br. The van der Waals surface area contributed by atoms with Crippen LogP contribution in [0.25, 0.3) is 6.08 Å². The highest BCUT2D eigenvalue weighted by atomic mass is 79.9. The van der Waals surface area contributed by atoms with E-state index in [9.17, 15) is 4.79 Å². The van der Waals surface area contributed by atoms with Gasteiger partial charge >= 0.3 is 0 Å². The van der Waals surface area contributed by atoms with E-state index in [4.69, 9.17) is 0 Å². The Labute approximate surface area is 109 Å². The van der Waals surface area contributed by atoms with E-state index in [2.05, 4.69) is 22.5 Å². The van der Waals surface area contributed by atoms with Gasteiger partial charge in [-0.15, -0.1) is 0 Å². The molecule has 2 aromatic carbocycles. The summed E-state index contributed by atoms with van der Waals surface area (Å²) in [5.41, 5.74) is 2.30. The molecular weight excluding hydrogens is 276 g/mol. The second-order valence-corrected chi connectivity index (χ2v) is 4.49. The number of halogens is 1. The van der Waals surface area contributed by atoms with Crippen molar-refractivity contribution in [3.8, 4) is 0 Å². The van der Waals surface area contributed by atoms with Gasteiger partial charge in [0, 0.05) is 15.6 Å². The maximum absolute atomic E-state index is 12.2. The minimum Gasteiger partial charge on any atom is -0.289 e. The van der Waals surface area contributed by atoms with Gasteiger partial charge in [0.1, 0.15) is 0 Å². The van der Waals surface area contributed by atoms with Crippen LogP contribution in [0.5, 0.6) is 0 Å². The fourth-order valence-corrected chi connectivity index (χ4v) is 2.01. The number of hydrogen-bond acceptors (Lipinski definition) is 1. The van der Waals surface area contributed by atoms with E-state index in [-0.39, 0.29) is 5.78 Å². The molecule has 0 spiro atoms. The molecule has 0 saturated heterocycles. The first-order valence-electron chi connectivity index (χ1n) is 5.24. The zero-order chi connectivity index (χ0) is 12.3. The van der Waals surface area contributed by atoms with Gasteiger partial charge in [-0.1, -0.05) is 58.9 Å². The van der Waals surface area contributed by atoms with Crippen LogP contribution in [0.2, 0.25) is 0 Å². The van der Waals surface area contributed by atoms with E-state index >= 15 is 0 Å². The van der Waals surface area contributed by atoms with Crippen LogP contribution in [0.4, 0.5) is 0 Å². The standard InChI is InChI=1S/C15H11BrO/c1-2-11-10-13(8-9-14(11)16)15(17)12-6-4-3-5-7-12/h2-10H,1H2. The first kappa shape index (κ1) is 11.8. The van der Waals surface area contributed by atoms with Crippen molar-refractivity contribution in [2.45, 2.75) is 0 Å². The van der Waals surface area contributed by atoms with Crippen LogP contribution in [0.3, 0.4) is 0 Å². The largest absolute Gasteiger partial charge is 0.289 e. The third-order valence-corrected chi connectivity index (χ3v) is 3.24. The molecule has 0 bridgehead atoms. The van der Waals surface area contributed by atoms with Gasteiger partial charge in [0.25, 0.3) is 0 Å². The van der Waals surface area contributed by atoms with E-state index in [0.717, 1.165) is 10.0 Å². The number of hydrogen-bond donors (Lipinski definition) is 0. The molecule has 0 amide bonds. The molecule has 0 aliphatic rings. The summed E-state index contributed by atoms with van der Waals surface area (Å²) >= 11 is 3.41. The molecule has 17 heavy (non-hydrogen) atoms. The highest BCUT2D eigenvalue weighted by molar-refractivity contribution is 9.10. The molecule has 0 aliphatic heterocycles. The van der Waals surface area contributed by atoms with Crippen LogP contribution in [-0.4, -0.2) is 5.78 Å². The minimum atomic E-state index is 0.0289. The lowest BCUT2D eigenvalue weighted by Gasteiger charge is -2.04. The van der Waals surface area contributed by atoms with Crippen molar-refractivity contribution in [3.63, 3.8) is 0 Å². The van der Waals surface area contributed by atoms with Gasteiger partial charge in [0.2, 0.25) is 0 Å². The van der Waals surface area contributed by atoms with Gasteiger partial charge in [0.15, 0.2) is 5.78 Å². The Morgan fingerprint density at radius 2 is 1.76 bits per heavy atom. The Kier molecular flexibility index (Phi) is 3.55. The lowest BCUT2D eigenvalue weighted by molar-refractivity contribution is 0.103. The Balaban J connectivity index is 2.42. The summed E-state index contributed by atoms with van der Waals surface area (Å²) in [6, 6.07) is 14.8. The predicted octanol–water partition coefficient (Wildman–Crippen LogP) is 4.32. The Morgan fingerprint density at radius 3 is 2.41 bits per heavy atom. The monoisotopic (exact) mass is 286 g/mol. The molecule has 2 aromatic rings. The Morgan fingerprint density at radius 1 is 1.06 bits per heavy atom. The summed E-state index contributed by atoms with van der Waals surface area (Å²) in [5, 5.41) is 0. The van der Waals surface area contributed by atoms with Crippen LogP contribution in [-0.2, 0) is 0 Å². The minimum absolute atomic E-state index is 0.0289. The molecule has 0 radical (unpaired) electrons. The van der Waals surface area contributed by atoms with Crippen molar-refractivity contribution < 1.29 is 4.79 Å². The summed E-state index contributed by atoms with van der Waals surface area (Å²) in [5.74, 6) is 0.0289. The molecule has 0 saturated carbocycles. The third kappa shape index (κ3) is 2.53. The van der Waals surface area contributed by atoms with Gasteiger partial charge < -0.3 is 0 Å². The predicted molar refractivity (Wildman–Crippen MR) is 74.1 cm³/mol. The summed E-state index contributed by atoms with van der Waals surface area (Å²) in [6.45, 7) is 3.72. The van der Waals surface area contributed by atoms with E-state index < -0.39 is 0 Å². The van der Waals surface area contributed by atoms with Gasteiger partial charge in [-0.2, -0.15) is 0 Å². The third-order valence-electron chi connectivity index (χ3n) is 2.51. The van der Waals surface area contributed by atoms with E-state index in [0.29, 0.717) is 11.1 Å². The summed E-state index contributed by atoms with van der Waals surface area (Å²) in [4.78, 5) is 12.2. The number of carbonyl (C=O) groups excluding carboxylic acids is 1. The van der Waals surface area contributed by atoms with Gasteiger partial charge in [-0.3, -0.25) is 4.79 Å². The van der Waals surface area contributed by atoms with Gasteiger partial charge in [-0.25, -0.2) is 0 Å². The van der Waals surface area contributed by atoms with Crippen molar-refractivity contribution in [1.82, 2.24) is 0 Å². The lowest BCUT2D eigenvalue weighted by Crippen LogP contribution is -2.01. The topological polar surface area (TPSA) is 17.1 Å². The van der Waals surface area contributed by atoms with Gasteiger partial charge in [-0.05, 0) is 23.8 Å². The first-order valence-corrected chi connectivity index (χ1v) is 6.03. The molecule has 0 unspecified atom stereocenters. The van der Waals surface area contributed by atoms with Crippen molar-refractivity contribution >= 4 is 27.8 Å². The van der Waals surface area contributed by atoms with Crippen molar-refractivity contribution in [2.24, 2.45) is 0 Å². The molecule has 0 fully saturated rings. The van der Waals surface area contributed by atoms with Crippen LogP contribution in [0, 0.1) is 0 Å². The highest BCUT2D eigenvalue weighted by Gasteiger charge is 2.09. The normalized spacial score (nSPS) is 9.94. The van der Waals surface area contributed by atoms with E-state index in [1.807, 2.05) is 48.5 Å². The van der Waals surface area contributed by atoms with Crippen LogP contribution < -0.4 is 0 Å². The molecule has 1 nitrogen and oxygen atoms in total. The molecule has 2 rings (SSSR count). The zero-order valence-corrected chi connectivity index (χ0v) is 10.8. The lowest BCUT2D eigenvalue weighted by atomic mass is 10.0. The van der Waals surface area contributed by atoms with Crippen LogP contribution in [0.1, 0.15) is 21.5 Å². The van der Waals surface area contributed by atoms with Crippen molar-refractivity contribution in [2.75, 3.05) is 0 Å². The number of benzene rings is 2. The highest BCUT2D eigenvalue weighted by Crippen LogP contribution is 2.21. The average Bonchev–Trinajstić information content (AvgIpc) is 2.39. The molecule has 0 aromatic heterocycles. The van der Waals surface area contributed by atoms with Crippen LogP contribution >= 0.6 is 15.9 Å². The maximum Gasteiger partial charge on any atom is 0.193 e. The molecule has 0 heterocycles. The van der Waals surface area contributed by atoms with E-state index in [1.54, 1.807) is 6.08 Å². The Bertz CT molecular complexity index is 558. The van der Waals surface area contributed by atoms with E-state index in [1.165, 1.54) is 0 Å². The average molecular weight is 287 g/mol. The quantitative estimate of drug-likeness (QED) is 0.768. The second kappa shape index (κ2) is 5.11. The molecular formula is C15H11BrO. The Hall–Kier alpha value is -1.67. The number of carbonyl (C=O) groups is 1. The smallest absolute Gasteiger partial charge is 0.193 e. The zero-order valence-electron chi connectivity index (χ0n) is 9.19. The molecule has 84 valence electrons. The summed E-state index contributed by atoms with van der Waals surface area (Å²) in [7, 11) is 0. The second-order valence-electron chi connectivity index (χ2n) is 3.64. The van der Waals surface area contributed by atoms with Crippen LogP contribution in [0.15, 0.2) is 59.6 Å². The number of ketones is 1. The fourth-order valence-electron chi connectivity index (χ4n) is 1.60. The molecule has 2 heteroatoms. The fraction of sp³-hybridized carbons (Fsp3) is 0.